The average molecular weight is 331 g/mol. The van der Waals surface area contributed by atoms with Crippen LogP contribution in [0.15, 0.2) is 53.4 Å². The molecule has 3 N–H and O–H groups in total. The molecule has 0 aliphatic heterocycles. The third-order valence-corrected chi connectivity index (χ3v) is 3.81. The van der Waals surface area contributed by atoms with Crippen molar-refractivity contribution in [3.63, 3.8) is 0 Å². The summed E-state index contributed by atoms with van der Waals surface area (Å²) < 4.78 is 0. The zero-order valence-electron chi connectivity index (χ0n) is 11.9. The van der Waals surface area contributed by atoms with E-state index in [4.69, 9.17) is 5.73 Å². The largest absolute Gasteiger partial charge is 0.369 e. The number of nitrogens with zero attached hydrogens (tertiary/aromatic N) is 1. The van der Waals surface area contributed by atoms with E-state index in [0.717, 1.165) is 4.90 Å². The summed E-state index contributed by atoms with van der Waals surface area (Å²) >= 11 is 1.26. The Balaban J connectivity index is 2.11. The number of thioether (sulfide) groups is 1. The van der Waals surface area contributed by atoms with Crippen LogP contribution in [0.25, 0.3) is 0 Å². The zero-order valence-corrected chi connectivity index (χ0v) is 12.7. The SMILES string of the molecule is NC(=O)CSc1cccc(NC(=O)c2cccc([N+](=O)[O-])c2)c1. The van der Waals surface area contributed by atoms with Crippen molar-refractivity contribution >= 4 is 35.0 Å². The monoisotopic (exact) mass is 331 g/mol. The number of nitrogens with one attached hydrogen (secondary N) is 1. The molecule has 0 fully saturated rings. The van der Waals surface area contributed by atoms with E-state index in [1.54, 1.807) is 24.3 Å². The van der Waals surface area contributed by atoms with Crippen LogP contribution >= 0.6 is 11.8 Å². The summed E-state index contributed by atoms with van der Waals surface area (Å²) in [6.45, 7) is 0. The molecular weight excluding hydrogens is 318 g/mol. The minimum atomic E-state index is -0.558. The molecule has 23 heavy (non-hydrogen) atoms. The summed E-state index contributed by atoms with van der Waals surface area (Å²) in [5, 5.41) is 13.4. The fourth-order valence-corrected chi connectivity index (χ4v) is 2.48. The van der Waals surface area contributed by atoms with E-state index in [0.29, 0.717) is 5.69 Å². The van der Waals surface area contributed by atoms with Gasteiger partial charge in [-0.3, -0.25) is 19.7 Å². The third-order valence-electron chi connectivity index (χ3n) is 2.79. The summed E-state index contributed by atoms with van der Waals surface area (Å²) in [6, 6.07) is 12.4. The number of non-ortho nitro benzene ring substituents is 1. The van der Waals surface area contributed by atoms with Crippen LogP contribution < -0.4 is 11.1 Å². The molecule has 0 bridgehead atoms. The van der Waals surface area contributed by atoms with Gasteiger partial charge in [0.1, 0.15) is 0 Å². The van der Waals surface area contributed by atoms with E-state index >= 15 is 0 Å². The minimum Gasteiger partial charge on any atom is -0.369 e. The Kier molecular flexibility index (Phi) is 5.32. The molecule has 2 aromatic carbocycles. The summed E-state index contributed by atoms with van der Waals surface area (Å²) in [5.41, 5.74) is 5.65. The predicted octanol–water partition coefficient (Wildman–Crippen LogP) is 2.42. The molecule has 7 nitrogen and oxygen atoms in total. The molecule has 0 heterocycles. The van der Waals surface area contributed by atoms with Gasteiger partial charge < -0.3 is 11.1 Å². The molecular formula is C15H13N3O4S. The zero-order chi connectivity index (χ0) is 16.8. The highest BCUT2D eigenvalue weighted by molar-refractivity contribution is 8.00. The average Bonchev–Trinajstić information content (AvgIpc) is 2.53. The molecule has 8 heteroatoms. The summed E-state index contributed by atoms with van der Waals surface area (Å²) in [5.74, 6) is -0.741. The Morgan fingerprint density at radius 3 is 2.61 bits per heavy atom. The number of hydrogen-bond donors (Lipinski definition) is 2. The van der Waals surface area contributed by atoms with Gasteiger partial charge in [0.25, 0.3) is 11.6 Å². The molecule has 2 aromatic rings. The van der Waals surface area contributed by atoms with Gasteiger partial charge in [-0.2, -0.15) is 0 Å². The smallest absolute Gasteiger partial charge is 0.270 e. The molecule has 0 unspecified atom stereocenters. The normalized spacial score (nSPS) is 10.1. The van der Waals surface area contributed by atoms with E-state index < -0.39 is 16.7 Å². The van der Waals surface area contributed by atoms with Gasteiger partial charge >= 0.3 is 0 Å². The Labute approximate surface area is 136 Å². The number of benzene rings is 2. The fourth-order valence-electron chi connectivity index (χ4n) is 1.78. The van der Waals surface area contributed by atoms with Crippen molar-refractivity contribution in [1.82, 2.24) is 0 Å². The van der Waals surface area contributed by atoms with Crippen LogP contribution in [0.1, 0.15) is 10.4 Å². The highest BCUT2D eigenvalue weighted by Crippen LogP contribution is 2.22. The van der Waals surface area contributed by atoms with E-state index in [9.17, 15) is 19.7 Å². The van der Waals surface area contributed by atoms with Gasteiger partial charge in [-0.15, -0.1) is 11.8 Å². The number of primary amides is 1. The van der Waals surface area contributed by atoms with Crippen molar-refractivity contribution in [1.29, 1.82) is 0 Å². The van der Waals surface area contributed by atoms with Crippen LogP contribution in [0.5, 0.6) is 0 Å². The lowest BCUT2D eigenvalue weighted by molar-refractivity contribution is -0.384. The number of nitro benzene ring substituents is 1. The molecule has 0 aliphatic rings. The topological polar surface area (TPSA) is 115 Å². The van der Waals surface area contributed by atoms with Crippen molar-refractivity contribution in [2.45, 2.75) is 4.90 Å². The number of rotatable bonds is 6. The second kappa shape index (κ2) is 7.41. The first-order chi connectivity index (χ1) is 11.0. The fraction of sp³-hybridized carbons (Fsp3) is 0.0667. The second-order valence-electron chi connectivity index (χ2n) is 4.54. The first-order valence-electron chi connectivity index (χ1n) is 6.52. The summed E-state index contributed by atoms with van der Waals surface area (Å²) in [4.78, 5) is 33.9. The quantitative estimate of drug-likeness (QED) is 0.479. The maximum absolute atomic E-state index is 12.2. The van der Waals surface area contributed by atoms with Crippen LogP contribution in [0, 0.1) is 10.1 Å². The van der Waals surface area contributed by atoms with Crippen molar-refractivity contribution in [3.8, 4) is 0 Å². The first-order valence-corrected chi connectivity index (χ1v) is 7.51. The van der Waals surface area contributed by atoms with Crippen LogP contribution in [0.2, 0.25) is 0 Å². The van der Waals surface area contributed by atoms with Crippen molar-refractivity contribution in [2.24, 2.45) is 5.73 Å². The summed E-state index contributed by atoms with van der Waals surface area (Å²) in [6.07, 6.45) is 0. The van der Waals surface area contributed by atoms with E-state index in [1.165, 1.54) is 36.0 Å². The highest BCUT2D eigenvalue weighted by atomic mass is 32.2. The highest BCUT2D eigenvalue weighted by Gasteiger charge is 2.12. The van der Waals surface area contributed by atoms with E-state index in [1.807, 2.05) is 0 Å². The van der Waals surface area contributed by atoms with Crippen molar-refractivity contribution < 1.29 is 14.5 Å². The van der Waals surface area contributed by atoms with Crippen molar-refractivity contribution in [2.75, 3.05) is 11.1 Å². The second-order valence-corrected chi connectivity index (χ2v) is 5.59. The Bertz CT molecular complexity index is 764. The Morgan fingerprint density at radius 1 is 1.17 bits per heavy atom. The number of amides is 2. The Hall–Kier alpha value is -2.87. The molecule has 2 rings (SSSR count). The lowest BCUT2D eigenvalue weighted by Crippen LogP contribution is -2.13. The molecule has 0 spiro atoms. The third kappa shape index (κ3) is 4.82. The number of carbonyl (C=O) groups is 2. The standard InChI is InChI=1S/C15H13N3O4S/c16-14(19)9-23-13-6-2-4-11(8-13)17-15(20)10-3-1-5-12(7-10)18(21)22/h1-8H,9H2,(H2,16,19)(H,17,20). The van der Waals surface area contributed by atoms with Crippen LogP contribution in [0.3, 0.4) is 0 Å². The lowest BCUT2D eigenvalue weighted by Gasteiger charge is -2.07. The van der Waals surface area contributed by atoms with Gasteiger partial charge in [-0.25, -0.2) is 0 Å². The van der Waals surface area contributed by atoms with Gasteiger partial charge in [0, 0.05) is 28.3 Å². The van der Waals surface area contributed by atoms with Crippen molar-refractivity contribution in [3.05, 3.63) is 64.2 Å². The molecule has 0 aromatic heterocycles. The molecule has 0 aliphatic carbocycles. The first kappa shape index (κ1) is 16.5. The molecule has 0 atom stereocenters. The van der Waals surface area contributed by atoms with Gasteiger partial charge in [0.2, 0.25) is 5.91 Å². The lowest BCUT2D eigenvalue weighted by atomic mass is 10.2. The van der Waals surface area contributed by atoms with Gasteiger partial charge in [0.05, 0.1) is 10.7 Å². The van der Waals surface area contributed by atoms with Gasteiger partial charge in [-0.1, -0.05) is 12.1 Å². The summed E-state index contributed by atoms with van der Waals surface area (Å²) in [7, 11) is 0. The van der Waals surface area contributed by atoms with Gasteiger partial charge in [0.15, 0.2) is 0 Å². The van der Waals surface area contributed by atoms with Crippen LogP contribution in [-0.4, -0.2) is 22.5 Å². The molecule has 0 saturated carbocycles. The van der Waals surface area contributed by atoms with E-state index in [2.05, 4.69) is 5.32 Å². The van der Waals surface area contributed by atoms with Crippen LogP contribution in [0.4, 0.5) is 11.4 Å². The maximum atomic E-state index is 12.2. The predicted molar refractivity (Wildman–Crippen MR) is 87.4 cm³/mol. The minimum absolute atomic E-state index is 0.141. The number of nitro groups is 1. The molecule has 0 radical (unpaired) electrons. The molecule has 0 saturated heterocycles. The number of anilines is 1. The maximum Gasteiger partial charge on any atom is 0.270 e. The van der Waals surface area contributed by atoms with Gasteiger partial charge in [-0.05, 0) is 24.3 Å². The Morgan fingerprint density at radius 2 is 1.91 bits per heavy atom. The number of nitrogens with two attached hydrogens (primary N) is 1. The number of hydrogen-bond acceptors (Lipinski definition) is 5. The molecule has 118 valence electrons. The number of carbonyl (C=O) groups excluding carboxylic acids is 2. The van der Waals surface area contributed by atoms with Crippen LogP contribution in [-0.2, 0) is 4.79 Å². The van der Waals surface area contributed by atoms with E-state index in [-0.39, 0.29) is 17.0 Å². The molecule has 2 amide bonds.